The van der Waals surface area contributed by atoms with Gasteiger partial charge in [-0.1, -0.05) is 27.7 Å². The molecule has 56 heavy (non-hydrogen) atoms. The lowest BCUT2D eigenvalue weighted by molar-refractivity contribution is -0.376. The average molecular weight is 797 g/mol. The summed E-state index contributed by atoms with van der Waals surface area (Å²) >= 11 is 0. The van der Waals surface area contributed by atoms with E-state index in [4.69, 9.17) is 33.2 Å². The van der Waals surface area contributed by atoms with E-state index < -0.39 is 85.0 Å². The maximum Gasteiger partial charge on any atom is 0.187 e. The van der Waals surface area contributed by atoms with Gasteiger partial charge in [0.25, 0.3) is 0 Å². The fourth-order valence-electron chi connectivity index (χ4n) is 15.2. The van der Waals surface area contributed by atoms with Crippen LogP contribution >= 0.6 is 0 Å². The normalized spacial score (nSPS) is 59.9. The first kappa shape index (κ1) is 40.8. The Bertz CT molecular complexity index is 1520. The van der Waals surface area contributed by atoms with Crippen LogP contribution in [0.2, 0.25) is 0 Å². The number of fused-ring (bicyclic) bond motifs is 6. The molecule has 0 radical (unpaired) electrons. The minimum absolute atomic E-state index is 0.00742. The van der Waals surface area contributed by atoms with Gasteiger partial charge in [-0.3, -0.25) is 0 Å². The zero-order valence-corrected chi connectivity index (χ0v) is 34.4. The van der Waals surface area contributed by atoms with Crippen LogP contribution in [0.5, 0.6) is 0 Å². The Hall–Kier alpha value is -0.560. The van der Waals surface area contributed by atoms with Crippen molar-refractivity contribution in [2.45, 2.75) is 203 Å². The number of hydrogen-bond donors (Lipinski definition) is 7. The molecule has 7 N–H and O–H groups in total. The molecule has 320 valence electrons. The molecule has 4 saturated carbocycles. The first-order valence-corrected chi connectivity index (χ1v) is 21.4. The Balaban J connectivity index is 0.957. The molecule has 9 fully saturated rings. The third kappa shape index (κ3) is 5.30. The monoisotopic (exact) mass is 796 g/mol. The number of rotatable bonds is 6. The largest absolute Gasteiger partial charge is 0.394 e. The second-order valence-corrected chi connectivity index (χ2v) is 21.4. The summed E-state index contributed by atoms with van der Waals surface area (Å²) in [4.78, 5) is 0. The molecule has 22 atom stereocenters. The lowest BCUT2D eigenvalue weighted by Crippen LogP contribution is -2.67. The summed E-state index contributed by atoms with van der Waals surface area (Å²) < 4.78 is 45.4. The molecule has 5 aliphatic heterocycles. The number of aliphatic hydroxyl groups excluding tert-OH is 6. The lowest BCUT2D eigenvalue weighted by Gasteiger charge is -2.70. The van der Waals surface area contributed by atoms with Gasteiger partial charge >= 0.3 is 0 Å². The summed E-state index contributed by atoms with van der Waals surface area (Å²) in [6.45, 7) is 17.1. The third-order valence-corrected chi connectivity index (χ3v) is 18.0. The van der Waals surface area contributed by atoms with Crippen LogP contribution < -0.4 is 0 Å². The Labute approximate surface area is 330 Å². The van der Waals surface area contributed by atoms with Crippen LogP contribution in [0.25, 0.3) is 0 Å². The topological polar surface area (TPSA) is 206 Å². The SMILES string of the molecule is C[C@@H]1O[C@H](O[C@@H]2[C@@H](O[C@@H]3CC[C@]4(C)[C@H](CC[C@@]5(C)[C@H]4CC[C@H]4[C@H]6[C@@]7(C[C@@]45CO7)O[C@H]4C[C@@H](C(C)(C)O)O[C@]46C)C3(C)C)O[C@@H](CO)[C@H](O)[C@H]2O)[C@@H](O)[C@H](O)[C@H]1O. The quantitative estimate of drug-likeness (QED) is 0.192. The van der Waals surface area contributed by atoms with Crippen LogP contribution in [0, 0.1) is 45.3 Å². The molecule has 5 heterocycles. The molecule has 14 heteroatoms. The maximum atomic E-state index is 11.3. The molecule has 5 saturated heterocycles. The molecule has 0 amide bonds. The van der Waals surface area contributed by atoms with Gasteiger partial charge in [0.2, 0.25) is 0 Å². The predicted molar refractivity (Wildman–Crippen MR) is 196 cm³/mol. The van der Waals surface area contributed by atoms with Crippen molar-refractivity contribution >= 4 is 0 Å². The van der Waals surface area contributed by atoms with E-state index in [9.17, 15) is 35.7 Å². The summed E-state index contributed by atoms with van der Waals surface area (Å²) in [5.74, 6) is 0.596. The highest BCUT2D eigenvalue weighted by atomic mass is 16.8. The highest BCUT2D eigenvalue weighted by molar-refractivity contribution is 5.29. The van der Waals surface area contributed by atoms with Gasteiger partial charge in [0.15, 0.2) is 18.4 Å². The zero-order chi connectivity index (χ0) is 40.3. The standard InChI is InChI=1S/C42H68O14/c1-19-27(44)29(46)31(48)34(51-19)54-32-30(47)28(45)21(16-43)52-35(32)53-24-12-13-38(6)22(36(24,2)3)11-14-39(7)23(38)10-9-20-33-40(8)26(15-25(55-40)37(4,5)49)56-42(33)17-41(20,39)18-50-42/h19-35,43-49H,9-18H2,1-8H3/t19-,20-,21-,22+,23-,24+,25-,26-,27-,28-,29+,30+,31-,32-,33+,34+,35+,38+,39-,40+,41+,42+/m0/s1. The average Bonchev–Trinajstić information content (AvgIpc) is 3.82. The van der Waals surface area contributed by atoms with Crippen molar-refractivity contribution in [2.75, 3.05) is 13.2 Å². The Kier molecular flexibility index (Phi) is 9.46. The number of ether oxygens (including phenoxy) is 7. The lowest BCUT2D eigenvalue weighted by atomic mass is 9.35. The smallest absolute Gasteiger partial charge is 0.187 e. The second kappa shape index (κ2) is 13.0. The Morgan fingerprint density at radius 1 is 0.768 bits per heavy atom. The summed E-state index contributed by atoms with van der Waals surface area (Å²) in [5.41, 5.74) is -1.86. The first-order valence-electron chi connectivity index (χ1n) is 21.4. The van der Waals surface area contributed by atoms with Gasteiger partial charge in [-0.2, -0.15) is 0 Å². The maximum absolute atomic E-state index is 11.3. The molecule has 0 aromatic heterocycles. The molecule has 2 spiro atoms. The molecule has 4 aliphatic carbocycles. The first-order chi connectivity index (χ1) is 26.1. The predicted octanol–water partition coefficient (Wildman–Crippen LogP) is 1.74. The van der Waals surface area contributed by atoms with E-state index in [0.29, 0.717) is 31.3 Å². The fourth-order valence-corrected chi connectivity index (χ4v) is 15.2. The molecule has 9 aliphatic rings. The molecule has 2 bridgehead atoms. The van der Waals surface area contributed by atoms with Crippen LogP contribution in [0.4, 0.5) is 0 Å². The molecule has 0 unspecified atom stereocenters. The number of hydrogen-bond acceptors (Lipinski definition) is 14. The molecular formula is C42H68O14. The van der Waals surface area contributed by atoms with Crippen molar-refractivity contribution in [2.24, 2.45) is 45.3 Å². The van der Waals surface area contributed by atoms with Crippen LogP contribution in [-0.2, 0) is 33.2 Å². The van der Waals surface area contributed by atoms with E-state index >= 15 is 0 Å². The highest BCUT2D eigenvalue weighted by Gasteiger charge is 2.84. The van der Waals surface area contributed by atoms with Crippen LogP contribution in [0.15, 0.2) is 0 Å². The van der Waals surface area contributed by atoms with Crippen LogP contribution in [0.3, 0.4) is 0 Å². The number of aliphatic hydroxyl groups is 7. The molecule has 0 aromatic carbocycles. The van der Waals surface area contributed by atoms with Gasteiger partial charge in [-0.15, -0.1) is 0 Å². The van der Waals surface area contributed by atoms with E-state index in [2.05, 4.69) is 34.6 Å². The van der Waals surface area contributed by atoms with Gasteiger partial charge in [-0.25, -0.2) is 0 Å². The minimum atomic E-state index is -1.63. The van der Waals surface area contributed by atoms with Crippen LogP contribution in [-0.4, -0.2) is 146 Å². The van der Waals surface area contributed by atoms with Crippen LogP contribution in [0.1, 0.15) is 107 Å². The summed E-state index contributed by atoms with van der Waals surface area (Å²) in [5, 5.41) is 74.7. The van der Waals surface area contributed by atoms with Gasteiger partial charge in [0.05, 0.1) is 43.2 Å². The minimum Gasteiger partial charge on any atom is -0.394 e. The van der Waals surface area contributed by atoms with E-state index in [1.807, 2.05) is 13.8 Å². The van der Waals surface area contributed by atoms with Crippen molar-refractivity contribution in [3.63, 3.8) is 0 Å². The van der Waals surface area contributed by atoms with E-state index in [1.165, 1.54) is 6.92 Å². The van der Waals surface area contributed by atoms with Crippen molar-refractivity contribution < 1.29 is 68.9 Å². The molecule has 14 nitrogen and oxygen atoms in total. The Morgan fingerprint density at radius 2 is 1.50 bits per heavy atom. The Morgan fingerprint density at radius 3 is 2.20 bits per heavy atom. The second-order valence-electron chi connectivity index (χ2n) is 21.4. The van der Waals surface area contributed by atoms with Crippen molar-refractivity contribution in [3.8, 4) is 0 Å². The molecule has 0 aromatic rings. The van der Waals surface area contributed by atoms with Gasteiger partial charge in [0.1, 0.15) is 48.3 Å². The van der Waals surface area contributed by atoms with E-state index in [0.717, 1.165) is 38.5 Å². The van der Waals surface area contributed by atoms with Gasteiger partial charge in [0, 0.05) is 24.2 Å². The summed E-state index contributed by atoms with van der Waals surface area (Å²) in [7, 11) is 0. The van der Waals surface area contributed by atoms with E-state index in [1.54, 1.807) is 0 Å². The van der Waals surface area contributed by atoms with Crippen molar-refractivity contribution in [1.82, 2.24) is 0 Å². The van der Waals surface area contributed by atoms with Crippen molar-refractivity contribution in [1.29, 1.82) is 0 Å². The summed E-state index contributed by atoms with van der Waals surface area (Å²) in [6, 6.07) is 0. The molecular weight excluding hydrogens is 728 g/mol. The van der Waals surface area contributed by atoms with E-state index in [-0.39, 0.29) is 51.8 Å². The van der Waals surface area contributed by atoms with Gasteiger partial charge < -0.3 is 68.9 Å². The third-order valence-electron chi connectivity index (χ3n) is 18.0. The van der Waals surface area contributed by atoms with Crippen molar-refractivity contribution in [3.05, 3.63) is 0 Å². The van der Waals surface area contributed by atoms with Gasteiger partial charge in [-0.05, 0) is 100 Å². The fraction of sp³-hybridized carbons (Fsp3) is 1.00. The zero-order valence-electron chi connectivity index (χ0n) is 34.4. The summed E-state index contributed by atoms with van der Waals surface area (Å²) in [6.07, 6.45) is -6.98. The molecule has 9 rings (SSSR count). The highest BCUT2D eigenvalue weighted by Crippen LogP contribution is 2.81.